The molecule has 1 amide bonds. The van der Waals surface area contributed by atoms with Crippen LogP contribution in [-0.4, -0.2) is 11.0 Å². The summed E-state index contributed by atoms with van der Waals surface area (Å²) in [5.74, 6) is -0.0776. The van der Waals surface area contributed by atoms with E-state index < -0.39 is 0 Å². The molecule has 0 aromatic heterocycles. The van der Waals surface area contributed by atoms with Crippen LogP contribution in [0.2, 0.25) is 0 Å². The molecular weight excluding hydrogens is 178 g/mol. The van der Waals surface area contributed by atoms with Gasteiger partial charge in [0.15, 0.2) is 0 Å². The average molecular weight is 191 g/mol. The number of benzene rings is 1. The summed E-state index contributed by atoms with van der Waals surface area (Å²) in [6, 6.07) is 5.22. The molecule has 0 aliphatic heterocycles. The molecular formula is C11H13NO2. The Labute approximate surface area is 83.1 Å². The molecule has 3 nitrogen and oxygen atoms in total. The molecule has 2 N–H and O–H groups in total. The lowest BCUT2D eigenvalue weighted by atomic mass is 10.1. The first-order valence-corrected chi connectivity index (χ1v) is 4.27. The molecule has 0 heterocycles. The van der Waals surface area contributed by atoms with Crippen molar-refractivity contribution in [2.24, 2.45) is 0 Å². The molecule has 14 heavy (non-hydrogen) atoms. The zero-order chi connectivity index (χ0) is 10.7. The average Bonchev–Trinajstić information content (AvgIpc) is 2.07. The van der Waals surface area contributed by atoms with E-state index in [9.17, 15) is 4.79 Å². The number of hydrogen-bond donors (Lipinski definition) is 2. The summed E-state index contributed by atoms with van der Waals surface area (Å²) in [6.45, 7) is 6.74. The highest BCUT2D eigenvalue weighted by atomic mass is 16.3. The predicted octanol–water partition coefficient (Wildman–Crippen LogP) is 2.48. The monoisotopic (exact) mass is 191 g/mol. The lowest BCUT2D eigenvalue weighted by molar-refractivity contribution is -0.114. The summed E-state index contributed by atoms with van der Waals surface area (Å²) in [6.07, 6.45) is 0. The number of aliphatic hydroxyl groups excluding tert-OH is 1. The quantitative estimate of drug-likeness (QED) is 0.705. The molecule has 0 radical (unpaired) electrons. The molecule has 1 rings (SSSR count). The van der Waals surface area contributed by atoms with Gasteiger partial charge in [-0.1, -0.05) is 6.58 Å². The number of carbonyl (C=O) groups excluding carboxylic acids is 1. The van der Waals surface area contributed by atoms with E-state index in [1.165, 1.54) is 6.92 Å². The van der Waals surface area contributed by atoms with Gasteiger partial charge in [-0.05, 0) is 30.7 Å². The second-order valence-corrected chi connectivity index (χ2v) is 3.16. The normalized spacial score (nSPS) is 9.57. The first kappa shape index (κ1) is 10.3. The van der Waals surface area contributed by atoms with Gasteiger partial charge in [0.05, 0.1) is 0 Å². The number of amides is 1. The smallest absolute Gasteiger partial charge is 0.221 e. The lowest BCUT2D eigenvalue weighted by Crippen LogP contribution is -2.07. The van der Waals surface area contributed by atoms with E-state index in [-0.39, 0.29) is 11.7 Å². The minimum absolute atomic E-state index is 0.0301. The zero-order valence-corrected chi connectivity index (χ0v) is 8.29. The third-order valence-corrected chi connectivity index (χ3v) is 1.87. The number of anilines is 1. The summed E-state index contributed by atoms with van der Waals surface area (Å²) in [5, 5.41) is 11.8. The summed E-state index contributed by atoms with van der Waals surface area (Å²) in [5.41, 5.74) is 2.31. The summed E-state index contributed by atoms with van der Waals surface area (Å²) in [7, 11) is 0. The number of carbonyl (C=O) groups is 1. The number of aliphatic hydroxyl groups is 1. The fraction of sp³-hybridized carbons (Fsp3) is 0.182. The van der Waals surface area contributed by atoms with E-state index in [1.54, 1.807) is 18.2 Å². The van der Waals surface area contributed by atoms with E-state index in [4.69, 9.17) is 5.11 Å². The Balaban J connectivity index is 3.01. The van der Waals surface area contributed by atoms with Gasteiger partial charge < -0.3 is 10.4 Å². The largest absolute Gasteiger partial charge is 0.508 e. The lowest BCUT2D eigenvalue weighted by Gasteiger charge is -2.07. The maximum absolute atomic E-state index is 10.8. The van der Waals surface area contributed by atoms with Crippen molar-refractivity contribution in [3.8, 4) is 0 Å². The van der Waals surface area contributed by atoms with Crippen molar-refractivity contribution >= 4 is 17.4 Å². The van der Waals surface area contributed by atoms with Crippen LogP contribution < -0.4 is 5.32 Å². The Morgan fingerprint density at radius 3 is 2.57 bits per heavy atom. The molecule has 0 atom stereocenters. The van der Waals surface area contributed by atoms with Crippen LogP contribution in [0, 0.1) is 6.92 Å². The molecule has 0 aliphatic carbocycles. The first-order valence-electron chi connectivity index (χ1n) is 4.27. The first-order chi connectivity index (χ1) is 6.50. The van der Waals surface area contributed by atoms with Gasteiger partial charge in [0.2, 0.25) is 5.91 Å². The third-order valence-electron chi connectivity index (χ3n) is 1.87. The Morgan fingerprint density at radius 2 is 2.14 bits per heavy atom. The molecule has 1 aromatic carbocycles. The molecule has 0 aliphatic rings. The molecule has 0 spiro atoms. The fourth-order valence-electron chi connectivity index (χ4n) is 1.17. The van der Waals surface area contributed by atoms with E-state index >= 15 is 0 Å². The Kier molecular flexibility index (Phi) is 2.92. The van der Waals surface area contributed by atoms with Crippen molar-refractivity contribution in [3.05, 3.63) is 35.9 Å². The highest BCUT2D eigenvalue weighted by molar-refractivity contribution is 5.89. The summed E-state index contributed by atoms with van der Waals surface area (Å²) in [4.78, 5) is 10.8. The second kappa shape index (κ2) is 3.96. The molecule has 0 fully saturated rings. The highest BCUT2D eigenvalue weighted by Gasteiger charge is 2.02. The van der Waals surface area contributed by atoms with Crippen molar-refractivity contribution in [3.63, 3.8) is 0 Å². The topological polar surface area (TPSA) is 49.3 Å². The molecule has 3 heteroatoms. The Hall–Kier alpha value is -1.77. The van der Waals surface area contributed by atoms with Gasteiger partial charge in [0.25, 0.3) is 0 Å². The minimum atomic E-state index is -0.108. The van der Waals surface area contributed by atoms with Crippen LogP contribution in [0.15, 0.2) is 24.8 Å². The molecule has 0 unspecified atom stereocenters. The van der Waals surface area contributed by atoms with Gasteiger partial charge in [-0.25, -0.2) is 0 Å². The van der Waals surface area contributed by atoms with Crippen LogP contribution in [0.4, 0.5) is 5.69 Å². The van der Waals surface area contributed by atoms with Crippen molar-refractivity contribution < 1.29 is 9.90 Å². The fourth-order valence-corrected chi connectivity index (χ4v) is 1.17. The number of rotatable bonds is 2. The molecule has 1 aromatic rings. The standard InChI is InChI=1S/C11H13NO2/c1-7-6-10(8(2)13)4-5-11(7)12-9(3)14/h4-6,13H,2H2,1,3H3,(H,12,14). The van der Waals surface area contributed by atoms with Crippen LogP contribution in [0.5, 0.6) is 0 Å². The van der Waals surface area contributed by atoms with Gasteiger partial charge in [-0.2, -0.15) is 0 Å². The third kappa shape index (κ3) is 2.36. The number of hydrogen-bond acceptors (Lipinski definition) is 2. The van der Waals surface area contributed by atoms with Gasteiger partial charge in [-0.15, -0.1) is 0 Å². The van der Waals surface area contributed by atoms with Gasteiger partial charge in [-0.3, -0.25) is 4.79 Å². The SMILES string of the molecule is C=C(O)c1ccc(NC(C)=O)c(C)c1. The van der Waals surface area contributed by atoms with Crippen LogP contribution >= 0.6 is 0 Å². The maximum atomic E-state index is 10.8. The van der Waals surface area contributed by atoms with E-state index in [0.717, 1.165) is 11.3 Å². The van der Waals surface area contributed by atoms with Crippen LogP contribution in [-0.2, 0) is 4.79 Å². The van der Waals surface area contributed by atoms with Gasteiger partial charge in [0, 0.05) is 18.2 Å². The van der Waals surface area contributed by atoms with E-state index in [1.807, 2.05) is 6.92 Å². The molecule has 74 valence electrons. The predicted molar refractivity (Wildman–Crippen MR) is 57.1 cm³/mol. The molecule has 0 bridgehead atoms. The molecule has 0 saturated heterocycles. The molecule has 0 saturated carbocycles. The van der Waals surface area contributed by atoms with Crippen molar-refractivity contribution in [2.75, 3.05) is 5.32 Å². The van der Waals surface area contributed by atoms with Crippen molar-refractivity contribution in [2.45, 2.75) is 13.8 Å². The van der Waals surface area contributed by atoms with Crippen LogP contribution in [0.3, 0.4) is 0 Å². The summed E-state index contributed by atoms with van der Waals surface area (Å²) >= 11 is 0. The van der Waals surface area contributed by atoms with Gasteiger partial charge in [0.1, 0.15) is 5.76 Å². The van der Waals surface area contributed by atoms with E-state index in [2.05, 4.69) is 11.9 Å². The number of nitrogens with one attached hydrogen (secondary N) is 1. The van der Waals surface area contributed by atoms with Gasteiger partial charge >= 0.3 is 0 Å². The Bertz CT molecular complexity index is 383. The number of aryl methyl sites for hydroxylation is 1. The Morgan fingerprint density at radius 1 is 1.50 bits per heavy atom. The van der Waals surface area contributed by atoms with Crippen molar-refractivity contribution in [1.29, 1.82) is 0 Å². The maximum Gasteiger partial charge on any atom is 0.221 e. The highest BCUT2D eigenvalue weighted by Crippen LogP contribution is 2.19. The zero-order valence-electron chi connectivity index (χ0n) is 8.29. The van der Waals surface area contributed by atoms with Crippen LogP contribution in [0.25, 0.3) is 5.76 Å². The summed E-state index contributed by atoms with van der Waals surface area (Å²) < 4.78 is 0. The minimum Gasteiger partial charge on any atom is -0.508 e. The van der Waals surface area contributed by atoms with E-state index in [0.29, 0.717) is 5.56 Å². The van der Waals surface area contributed by atoms with Crippen molar-refractivity contribution in [1.82, 2.24) is 0 Å². The second-order valence-electron chi connectivity index (χ2n) is 3.16. The van der Waals surface area contributed by atoms with Crippen LogP contribution in [0.1, 0.15) is 18.1 Å².